The molecule has 4 aliphatic heterocycles. The molecule has 27 heavy (non-hydrogen) atoms. The Morgan fingerprint density at radius 1 is 1.11 bits per heavy atom. The highest BCUT2D eigenvalue weighted by molar-refractivity contribution is 5.93. The van der Waals surface area contributed by atoms with Crippen molar-refractivity contribution in [1.82, 2.24) is 19.6 Å². The first-order chi connectivity index (χ1) is 13.3. The Labute approximate surface area is 161 Å². The molecule has 5 heterocycles. The van der Waals surface area contributed by atoms with E-state index in [2.05, 4.69) is 52.2 Å². The van der Waals surface area contributed by atoms with Gasteiger partial charge in [0.15, 0.2) is 0 Å². The Balaban J connectivity index is 1.51. The smallest absolute Gasteiger partial charge is 0.272 e. The van der Waals surface area contributed by atoms with E-state index in [1.54, 1.807) is 6.20 Å². The Hall–Kier alpha value is -2.14. The molecule has 4 aliphatic rings. The van der Waals surface area contributed by atoms with E-state index in [0.29, 0.717) is 23.9 Å². The molecule has 5 nitrogen and oxygen atoms in total. The molecule has 1 aromatic carbocycles. The lowest BCUT2D eigenvalue weighted by Crippen LogP contribution is -2.60. The zero-order chi connectivity index (χ0) is 18.4. The van der Waals surface area contributed by atoms with Crippen molar-refractivity contribution in [3.8, 4) is 0 Å². The molecule has 0 radical (unpaired) electrons. The van der Waals surface area contributed by atoms with Gasteiger partial charge in [-0.15, -0.1) is 0 Å². The van der Waals surface area contributed by atoms with Gasteiger partial charge in [-0.05, 0) is 49.9 Å². The molecule has 5 heteroatoms. The molecule has 0 aliphatic carbocycles. The molecule has 2 aromatic rings. The van der Waals surface area contributed by atoms with Crippen LogP contribution in [0, 0.1) is 5.92 Å². The zero-order valence-electron chi connectivity index (χ0n) is 16.0. The summed E-state index contributed by atoms with van der Waals surface area (Å²) in [4.78, 5) is 18.4. The lowest BCUT2D eigenvalue weighted by molar-refractivity contribution is -0.00376. The van der Waals surface area contributed by atoms with E-state index >= 15 is 0 Å². The SMILES string of the molecule is CCCn1nccc1C(=O)N1C[C@H](c2ccccc2)[C@H]2[C@@H]1C1CCN2CC1. The average molecular weight is 364 g/mol. The van der Waals surface area contributed by atoms with Crippen molar-refractivity contribution in [2.45, 2.75) is 50.7 Å². The maximum absolute atomic E-state index is 13.6. The number of hydrogen-bond donors (Lipinski definition) is 0. The molecule has 3 atom stereocenters. The van der Waals surface area contributed by atoms with Gasteiger partial charge in [0.1, 0.15) is 5.69 Å². The Kier molecular flexibility index (Phi) is 4.27. The second-order valence-corrected chi connectivity index (χ2v) is 8.27. The number of benzene rings is 1. The van der Waals surface area contributed by atoms with E-state index in [0.717, 1.165) is 25.2 Å². The van der Waals surface area contributed by atoms with Crippen molar-refractivity contribution in [2.24, 2.45) is 5.92 Å². The third-order valence-corrected chi connectivity index (χ3v) is 6.85. The molecular formula is C22H28N4O. The standard InChI is InChI=1S/C22H28N4O/c1-2-12-26-19(8-11-23-26)22(27)25-15-18(16-6-4-3-5-7-16)21-20(25)17-9-13-24(21)14-10-17/h3-8,11,17-18,20-21H,2,9-10,12-15H2,1H3/t18-,20+,21+/m1/s1. The molecule has 4 fully saturated rings. The van der Waals surface area contributed by atoms with Gasteiger partial charge < -0.3 is 4.90 Å². The monoisotopic (exact) mass is 364 g/mol. The number of amides is 1. The van der Waals surface area contributed by atoms with E-state index in [4.69, 9.17) is 0 Å². The summed E-state index contributed by atoms with van der Waals surface area (Å²) < 4.78 is 1.88. The third kappa shape index (κ3) is 2.71. The number of carbonyl (C=O) groups is 1. The molecule has 0 saturated carbocycles. The summed E-state index contributed by atoms with van der Waals surface area (Å²) in [7, 11) is 0. The predicted molar refractivity (Wildman–Crippen MR) is 105 cm³/mol. The summed E-state index contributed by atoms with van der Waals surface area (Å²) in [5.41, 5.74) is 2.12. The number of aryl methyl sites for hydroxylation is 1. The van der Waals surface area contributed by atoms with Gasteiger partial charge in [-0.3, -0.25) is 14.4 Å². The summed E-state index contributed by atoms with van der Waals surface area (Å²) in [6.45, 7) is 6.12. The number of rotatable bonds is 4. The van der Waals surface area contributed by atoms with Gasteiger partial charge in [-0.1, -0.05) is 37.3 Å². The number of hydrogen-bond acceptors (Lipinski definition) is 3. The summed E-state index contributed by atoms with van der Waals surface area (Å²) in [5, 5.41) is 4.39. The quantitative estimate of drug-likeness (QED) is 0.837. The fourth-order valence-electron chi connectivity index (χ4n) is 5.70. The maximum Gasteiger partial charge on any atom is 0.272 e. The van der Waals surface area contributed by atoms with Gasteiger partial charge in [0.25, 0.3) is 5.91 Å². The predicted octanol–water partition coefficient (Wildman–Crippen LogP) is 3.00. The van der Waals surface area contributed by atoms with Crippen molar-refractivity contribution in [2.75, 3.05) is 19.6 Å². The van der Waals surface area contributed by atoms with Crippen LogP contribution >= 0.6 is 0 Å². The minimum absolute atomic E-state index is 0.170. The van der Waals surface area contributed by atoms with Gasteiger partial charge in [-0.25, -0.2) is 0 Å². The summed E-state index contributed by atoms with van der Waals surface area (Å²) in [6, 6.07) is 13.5. The van der Waals surface area contributed by atoms with E-state index in [1.165, 1.54) is 31.5 Å². The van der Waals surface area contributed by atoms with Crippen LogP contribution in [0.4, 0.5) is 0 Å². The van der Waals surface area contributed by atoms with Gasteiger partial charge in [0, 0.05) is 31.2 Å². The van der Waals surface area contributed by atoms with Crippen molar-refractivity contribution in [1.29, 1.82) is 0 Å². The first-order valence-corrected chi connectivity index (χ1v) is 10.4. The van der Waals surface area contributed by atoms with Crippen LogP contribution in [0.5, 0.6) is 0 Å². The number of piperidine rings is 3. The first kappa shape index (κ1) is 17.0. The molecule has 2 bridgehead atoms. The van der Waals surface area contributed by atoms with Crippen LogP contribution in [-0.2, 0) is 6.54 Å². The molecule has 4 saturated heterocycles. The van der Waals surface area contributed by atoms with Crippen LogP contribution in [0.3, 0.4) is 0 Å². The Morgan fingerprint density at radius 2 is 1.89 bits per heavy atom. The fourth-order valence-corrected chi connectivity index (χ4v) is 5.70. The minimum atomic E-state index is 0.170. The molecule has 1 amide bonds. The van der Waals surface area contributed by atoms with Gasteiger partial charge in [-0.2, -0.15) is 5.10 Å². The van der Waals surface area contributed by atoms with Crippen molar-refractivity contribution < 1.29 is 4.79 Å². The summed E-state index contributed by atoms with van der Waals surface area (Å²) >= 11 is 0. The van der Waals surface area contributed by atoms with Crippen LogP contribution in [0.25, 0.3) is 0 Å². The third-order valence-electron chi connectivity index (χ3n) is 6.85. The van der Waals surface area contributed by atoms with Crippen molar-refractivity contribution in [3.63, 3.8) is 0 Å². The van der Waals surface area contributed by atoms with Gasteiger partial charge >= 0.3 is 0 Å². The van der Waals surface area contributed by atoms with Crippen molar-refractivity contribution in [3.05, 3.63) is 53.9 Å². The number of nitrogens with zero attached hydrogens (tertiary/aromatic N) is 4. The second-order valence-electron chi connectivity index (χ2n) is 8.27. The molecule has 142 valence electrons. The number of likely N-dealkylation sites (tertiary alicyclic amines) is 1. The molecule has 0 unspecified atom stereocenters. The van der Waals surface area contributed by atoms with Crippen LogP contribution in [0.1, 0.15) is 48.2 Å². The highest BCUT2D eigenvalue weighted by Gasteiger charge is 2.54. The van der Waals surface area contributed by atoms with E-state index in [9.17, 15) is 4.79 Å². The summed E-state index contributed by atoms with van der Waals surface area (Å²) in [6.07, 6.45) is 5.19. The van der Waals surface area contributed by atoms with Gasteiger partial charge in [0.2, 0.25) is 0 Å². The van der Waals surface area contributed by atoms with E-state index in [1.807, 2.05) is 10.7 Å². The Bertz CT molecular complexity index is 809. The number of carbonyl (C=O) groups excluding carboxylic acids is 1. The van der Waals surface area contributed by atoms with Crippen molar-refractivity contribution >= 4 is 5.91 Å². The summed E-state index contributed by atoms with van der Waals surface area (Å²) in [5.74, 6) is 1.22. The molecule has 6 rings (SSSR count). The second kappa shape index (κ2) is 6.79. The van der Waals surface area contributed by atoms with Crippen LogP contribution in [0.15, 0.2) is 42.6 Å². The van der Waals surface area contributed by atoms with E-state index < -0.39 is 0 Å². The number of fused-ring (bicyclic) bond motifs is 2. The number of aromatic nitrogens is 2. The average Bonchev–Trinajstić information content (AvgIpc) is 3.35. The van der Waals surface area contributed by atoms with Crippen LogP contribution < -0.4 is 0 Å². The fraction of sp³-hybridized carbons (Fsp3) is 0.545. The lowest BCUT2D eigenvalue weighted by atomic mass is 9.75. The van der Waals surface area contributed by atoms with Crippen LogP contribution in [-0.4, -0.2) is 57.2 Å². The van der Waals surface area contributed by atoms with Gasteiger partial charge in [0.05, 0.1) is 6.04 Å². The maximum atomic E-state index is 13.6. The van der Waals surface area contributed by atoms with E-state index in [-0.39, 0.29) is 5.91 Å². The molecule has 0 spiro atoms. The highest BCUT2D eigenvalue weighted by Crippen LogP contribution is 2.46. The molecule has 0 N–H and O–H groups in total. The Morgan fingerprint density at radius 3 is 2.63 bits per heavy atom. The normalized spacial score (nSPS) is 31.9. The highest BCUT2D eigenvalue weighted by atomic mass is 16.2. The molecular weight excluding hydrogens is 336 g/mol. The molecule has 1 aromatic heterocycles. The van der Waals surface area contributed by atoms with Crippen LogP contribution in [0.2, 0.25) is 0 Å². The largest absolute Gasteiger partial charge is 0.332 e. The zero-order valence-corrected chi connectivity index (χ0v) is 16.0. The topological polar surface area (TPSA) is 41.4 Å². The minimum Gasteiger partial charge on any atom is -0.332 e. The lowest BCUT2D eigenvalue weighted by Gasteiger charge is -2.51. The first-order valence-electron chi connectivity index (χ1n) is 10.4.